The molecule has 0 saturated carbocycles. The Hall–Kier alpha value is -1.56. The van der Waals surface area contributed by atoms with Crippen LogP contribution in [-0.4, -0.2) is 20.7 Å². The number of carbonyl (C=O) groups excluding carboxylic acids is 1. The Labute approximate surface area is 126 Å². The van der Waals surface area contributed by atoms with Crippen molar-refractivity contribution in [2.24, 2.45) is 0 Å². The zero-order valence-electron chi connectivity index (χ0n) is 11.7. The number of aryl methyl sites for hydroxylation is 2. The third kappa shape index (κ3) is 3.50. The Kier molecular flexibility index (Phi) is 5.00. The van der Waals surface area contributed by atoms with Crippen LogP contribution in [0.4, 0.5) is 5.82 Å². The molecular weight excluding hydrogens is 320 g/mol. The molecular formula is C14H19BrN4O. The van der Waals surface area contributed by atoms with Gasteiger partial charge in [-0.2, -0.15) is 5.10 Å². The van der Waals surface area contributed by atoms with Gasteiger partial charge in [0.1, 0.15) is 5.69 Å². The first-order valence-corrected chi connectivity index (χ1v) is 7.64. The fourth-order valence-corrected chi connectivity index (χ4v) is 2.56. The van der Waals surface area contributed by atoms with Crippen molar-refractivity contribution in [1.82, 2.24) is 14.8 Å². The highest BCUT2D eigenvalue weighted by atomic mass is 79.9. The van der Waals surface area contributed by atoms with Crippen LogP contribution in [-0.2, 0) is 13.0 Å². The number of nitrogens with one attached hydrogen (secondary N) is 2. The summed E-state index contributed by atoms with van der Waals surface area (Å²) in [6.45, 7) is 5.00. The van der Waals surface area contributed by atoms with Crippen LogP contribution in [0.2, 0.25) is 0 Å². The lowest BCUT2D eigenvalue weighted by molar-refractivity contribution is 0.101. The number of amides is 1. The molecule has 0 unspecified atom stereocenters. The topological polar surface area (TPSA) is 62.7 Å². The predicted octanol–water partition coefficient (Wildman–Crippen LogP) is 3.59. The normalized spacial score (nSPS) is 10.8. The Bertz CT molecular complexity index is 588. The first-order valence-electron chi connectivity index (χ1n) is 6.85. The molecule has 0 spiro atoms. The van der Waals surface area contributed by atoms with Crippen molar-refractivity contribution in [3.05, 3.63) is 34.2 Å². The van der Waals surface area contributed by atoms with E-state index in [2.05, 4.69) is 45.3 Å². The average molecular weight is 339 g/mol. The number of halogens is 1. The summed E-state index contributed by atoms with van der Waals surface area (Å²) in [6.07, 6.45) is 4.87. The van der Waals surface area contributed by atoms with Gasteiger partial charge in [-0.05, 0) is 34.8 Å². The third-order valence-corrected chi connectivity index (χ3v) is 3.39. The molecule has 0 aliphatic heterocycles. The van der Waals surface area contributed by atoms with Crippen molar-refractivity contribution >= 4 is 27.7 Å². The Morgan fingerprint density at radius 3 is 2.90 bits per heavy atom. The molecule has 0 atom stereocenters. The minimum Gasteiger partial charge on any atom is -0.342 e. The second-order valence-electron chi connectivity index (χ2n) is 4.72. The van der Waals surface area contributed by atoms with Gasteiger partial charge in [-0.1, -0.05) is 20.3 Å². The summed E-state index contributed by atoms with van der Waals surface area (Å²) in [6, 6.07) is 3.70. The number of aromatic amines is 1. The predicted molar refractivity (Wildman–Crippen MR) is 83.0 cm³/mol. The van der Waals surface area contributed by atoms with E-state index in [1.54, 1.807) is 0 Å². The fraction of sp³-hybridized carbons (Fsp3) is 0.429. The van der Waals surface area contributed by atoms with Gasteiger partial charge in [0.2, 0.25) is 0 Å². The zero-order chi connectivity index (χ0) is 14.5. The van der Waals surface area contributed by atoms with Gasteiger partial charge in [-0.3, -0.25) is 9.89 Å². The molecule has 0 aliphatic carbocycles. The SMILES string of the molecule is CCCc1cc(NC(=O)c2cc(Br)cn2CCC)n[nH]1. The molecule has 2 heterocycles. The zero-order valence-corrected chi connectivity index (χ0v) is 13.3. The lowest BCUT2D eigenvalue weighted by Crippen LogP contribution is -2.17. The van der Waals surface area contributed by atoms with Crippen LogP contribution in [0.25, 0.3) is 0 Å². The van der Waals surface area contributed by atoms with Crippen LogP contribution in [0.5, 0.6) is 0 Å². The highest BCUT2D eigenvalue weighted by molar-refractivity contribution is 9.10. The maximum absolute atomic E-state index is 12.3. The van der Waals surface area contributed by atoms with E-state index < -0.39 is 0 Å². The minimum atomic E-state index is -0.140. The molecule has 6 heteroatoms. The standard InChI is InChI=1S/C14H19BrN4O/c1-3-5-11-8-13(18-17-11)16-14(20)12-7-10(15)9-19(12)6-4-2/h7-9H,3-6H2,1-2H3,(H2,16,17,18,20). The van der Waals surface area contributed by atoms with Crippen LogP contribution >= 0.6 is 15.9 Å². The molecule has 108 valence electrons. The first kappa shape index (κ1) is 14.8. The van der Waals surface area contributed by atoms with Crippen molar-refractivity contribution in [2.75, 3.05) is 5.32 Å². The number of rotatable bonds is 6. The largest absolute Gasteiger partial charge is 0.342 e. The Morgan fingerprint density at radius 2 is 2.20 bits per heavy atom. The van der Waals surface area contributed by atoms with Gasteiger partial charge in [-0.15, -0.1) is 0 Å². The maximum atomic E-state index is 12.3. The summed E-state index contributed by atoms with van der Waals surface area (Å²) in [7, 11) is 0. The number of H-pyrrole nitrogens is 1. The first-order chi connectivity index (χ1) is 9.63. The van der Waals surface area contributed by atoms with Crippen molar-refractivity contribution in [3.63, 3.8) is 0 Å². The summed E-state index contributed by atoms with van der Waals surface area (Å²) in [5.41, 5.74) is 1.67. The van der Waals surface area contributed by atoms with Gasteiger partial charge < -0.3 is 9.88 Å². The second kappa shape index (κ2) is 6.74. The lowest BCUT2D eigenvalue weighted by atomic mass is 10.2. The molecule has 0 radical (unpaired) electrons. The van der Waals surface area contributed by atoms with Gasteiger partial charge in [0.05, 0.1) is 0 Å². The fourth-order valence-electron chi connectivity index (χ4n) is 2.09. The summed E-state index contributed by atoms with van der Waals surface area (Å²) in [4.78, 5) is 12.3. The number of anilines is 1. The van der Waals surface area contributed by atoms with Crippen molar-refractivity contribution in [1.29, 1.82) is 0 Å². The molecule has 0 aromatic carbocycles. The van der Waals surface area contributed by atoms with Gasteiger partial charge in [0, 0.05) is 29.0 Å². The molecule has 0 bridgehead atoms. The lowest BCUT2D eigenvalue weighted by Gasteiger charge is -2.06. The molecule has 2 N–H and O–H groups in total. The van der Waals surface area contributed by atoms with E-state index in [0.717, 1.165) is 36.0 Å². The third-order valence-electron chi connectivity index (χ3n) is 2.95. The quantitative estimate of drug-likeness (QED) is 0.845. The smallest absolute Gasteiger partial charge is 0.273 e. The van der Waals surface area contributed by atoms with Crippen molar-refractivity contribution in [3.8, 4) is 0 Å². The number of aromatic nitrogens is 3. The van der Waals surface area contributed by atoms with Gasteiger partial charge in [0.25, 0.3) is 5.91 Å². The number of hydrogen-bond acceptors (Lipinski definition) is 2. The summed E-state index contributed by atoms with van der Waals surface area (Å²) >= 11 is 3.41. The summed E-state index contributed by atoms with van der Waals surface area (Å²) in [5.74, 6) is 0.428. The van der Waals surface area contributed by atoms with E-state index in [1.807, 2.05) is 22.9 Å². The van der Waals surface area contributed by atoms with Gasteiger partial charge >= 0.3 is 0 Å². The van der Waals surface area contributed by atoms with E-state index >= 15 is 0 Å². The van der Waals surface area contributed by atoms with Gasteiger partial charge in [0.15, 0.2) is 5.82 Å². The molecule has 2 rings (SSSR count). The highest BCUT2D eigenvalue weighted by Gasteiger charge is 2.14. The van der Waals surface area contributed by atoms with Crippen LogP contribution in [0.15, 0.2) is 22.8 Å². The highest BCUT2D eigenvalue weighted by Crippen LogP contribution is 2.17. The Morgan fingerprint density at radius 1 is 1.40 bits per heavy atom. The van der Waals surface area contributed by atoms with E-state index in [4.69, 9.17) is 0 Å². The van der Waals surface area contributed by atoms with Crippen LogP contribution in [0.3, 0.4) is 0 Å². The number of hydrogen-bond donors (Lipinski definition) is 2. The molecule has 2 aromatic rings. The number of carbonyl (C=O) groups is 1. The average Bonchev–Trinajstić information content (AvgIpc) is 2.97. The van der Waals surface area contributed by atoms with Crippen LogP contribution in [0, 0.1) is 0 Å². The second-order valence-corrected chi connectivity index (χ2v) is 5.64. The molecule has 20 heavy (non-hydrogen) atoms. The molecule has 0 aliphatic rings. The van der Waals surface area contributed by atoms with Crippen LogP contribution in [0.1, 0.15) is 42.9 Å². The molecule has 1 amide bonds. The minimum absolute atomic E-state index is 0.140. The van der Waals surface area contributed by atoms with Crippen molar-refractivity contribution in [2.45, 2.75) is 39.7 Å². The van der Waals surface area contributed by atoms with E-state index in [0.29, 0.717) is 11.5 Å². The molecule has 2 aromatic heterocycles. The monoisotopic (exact) mass is 338 g/mol. The summed E-state index contributed by atoms with van der Waals surface area (Å²) in [5, 5.41) is 9.86. The Balaban J connectivity index is 2.10. The molecule has 0 fully saturated rings. The van der Waals surface area contributed by atoms with Crippen LogP contribution < -0.4 is 5.32 Å². The molecule has 0 saturated heterocycles. The van der Waals surface area contributed by atoms with E-state index in [1.165, 1.54) is 0 Å². The van der Waals surface area contributed by atoms with Gasteiger partial charge in [-0.25, -0.2) is 0 Å². The van der Waals surface area contributed by atoms with E-state index in [9.17, 15) is 4.79 Å². The molecule has 5 nitrogen and oxygen atoms in total. The number of nitrogens with zero attached hydrogens (tertiary/aromatic N) is 2. The maximum Gasteiger partial charge on any atom is 0.273 e. The summed E-state index contributed by atoms with van der Waals surface area (Å²) < 4.78 is 2.85. The van der Waals surface area contributed by atoms with Crippen molar-refractivity contribution < 1.29 is 4.79 Å². The van der Waals surface area contributed by atoms with E-state index in [-0.39, 0.29) is 5.91 Å².